The number of amides is 1. The van der Waals surface area contributed by atoms with Crippen LogP contribution in [-0.2, 0) is 11.3 Å². The molecule has 1 unspecified atom stereocenters. The number of hydrogen-bond donors (Lipinski definition) is 2. The van der Waals surface area contributed by atoms with Crippen LogP contribution in [0.4, 0.5) is 0 Å². The maximum Gasteiger partial charge on any atom is 0.222 e. The van der Waals surface area contributed by atoms with E-state index < -0.39 is 0 Å². The summed E-state index contributed by atoms with van der Waals surface area (Å²) in [7, 11) is 1.79. The predicted molar refractivity (Wildman–Crippen MR) is 74.1 cm³/mol. The fourth-order valence-electron chi connectivity index (χ4n) is 2.14. The summed E-state index contributed by atoms with van der Waals surface area (Å²) in [6.45, 7) is 5.53. The van der Waals surface area contributed by atoms with Crippen LogP contribution in [0.25, 0.3) is 0 Å². The van der Waals surface area contributed by atoms with Crippen LogP contribution in [-0.4, -0.2) is 39.6 Å². The van der Waals surface area contributed by atoms with E-state index in [1.807, 2.05) is 0 Å². The van der Waals surface area contributed by atoms with Crippen molar-refractivity contribution < 1.29 is 4.79 Å². The SMILES string of the molecule is CC(C)C(CCN)CCC(=O)N(C)Cc1ncn[nH]1. The Kier molecular flexibility index (Phi) is 6.49. The number of rotatable bonds is 8. The van der Waals surface area contributed by atoms with Crippen LogP contribution >= 0.6 is 0 Å². The van der Waals surface area contributed by atoms with Gasteiger partial charge in [-0.15, -0.1) is 0 Å². The number of carbonyl (C=O) groups excluding carboxylic acids is 1. The fourth-order valence-corrected chi connectivity index (χ4v) is 2.14. The lowest BCUT2D eigenvalue weighted by Crippen LogP contribution is -2.27. The molecule has 1 atom stereocenters. The summed E-state index contributed by atoms with van der Waals surface area (Å²) >= 11 is 0. The highest BCUT2D eigenvalue weighted by molar-refractivity contribution is 5.75. The van der Waals surface area contributed by atoms with Crippen molar-refractivity contribution in [3.8, 4) is 0 Å². The standard InChI is InChI=1S/C13H25N5O/c1-10(2)11(6-7-14)4-5-13(19)18(3)8-12-15-9-16-17-12/h9-11H,4-8,14H2,1-3H3,(H,15,16,17). The Morgan fingerprint density at radius 3 is 2.74 bits per heavy atom. The van der Waals surface area contributed by atoms with Crippen LogP contribution < -0.4 is 5.73 Å². The van der Waals surface area contributed by atoms with Crippen molar-refractivity contribution in [1.29, 1.82) is 0 Å². The first-order valence-corrected chi connectivity index (χ1v) is 6.82. The largest absolute Gasteiger partial charge is 0.338 e. The zero-order chi connectivity index (χ0) is 14.3. The summed E-state index contributed by atoms with van der Waals surface area (Å²) in [5.74, 6) is 1.93. The number of aromatic amines is 1. The van der Waals surface area contributed by atoms with E-state index in [2.05, 4.69) is 29.0 Å². The molecule has 1 amide bonds. The minimum atomic E-state index is 0.138. The number of nitrogens with two attached hydrogens (primary N) is 1. The van der Waals surface area contributed by atoms with Crippen molar-refractivity contribution in [1.82, 2.24) is 20.1 Å². The molecule has 1 aromatic rings. The second kappa shape index (κ2) is 7.89. The van der Waals surface area contributed by atoms with Crippen molar-refractivity contribution in [2.75, 3.05) is 13.6 Å². The highest BCUT2D eigenvalue weighted by atomic mass is 16.2. The molecule has 108 valence electrons. The smallest absolute Gasteiger partial charge is 0.222 e. The van der Waals surface area contributed by atoms with Gasteiger partial charge in [0.1, 0.15) is 12.2 Å². The molecule has 0 fully saturated rings. The molecule has 3 N–H and O–H groups in total. The van der Waals surface area contributed by atoms with Crippen molar-refractivity contribution in [3.63, 3.8) is 0 Å². The van der Waals surface area contributed by atoms with E-state index in [1.165, 1.54) is 6.33 Å². The van der Waals surface area contributed by atoms with Crippen LogP contribution in [0.1, 0.15) is 38.9 Å². The number of nitrogens with zero attached hydrogens (tertiary/aromatic N) is 3. The molecule has 0 radical (unpaired) electrons. The minimum Gasteiger partial charge on any atom is -0.338 e. The van der Waals surface area contributed by atoms with Gasteiger partial charge in [0.15, 0.2) is 0 Å². The first-order chi connectivity index (χ1) is 9.04. The Morgan fingerprint density at radius 2 is 2.21 bits per heavy atom. The summed E-state index contributed by atoms with van der Waals surface area (Å²) in [5, 5.41) is 6.52. The number of nitrogens with one attached hydrogen (secondary N) is 1. The van der Waals surface area contributed by atoms with Crippen molar-refractivity contribution in [3.05, 3.63) is 12.2 Å². The molecule has 0 aromatic carbocycles. The number of hydrogen-bond acceptors (Lipinski definition) is 4. The predicted octanol–water partition coefficient (Wildman–Crippen LogP) is 1.16. The molecule has 6 nitrogen and oxygen atoms in total. The molecular formula is C13H25N5O. The number of aromatic nitrogens is 3. The first-order valence-electron chi connectivity index (χ1n) is 6.82. The average Bonchev–Trinajstić information content (AvgIpc) is 2.86. The topological polar surface area (TPSA) is 87.9 Å². The molecule has 1 rings (SSSR count). The Hall–Kier alpha value is -1.43. The van der Waals surface area contributed by atoms with Gasteiger partial charge in [0.05, 0.1) is 6.54 Å². The van der Waals surface area contributed by atoms with E-state index in [-0.39, 0.29) is 5.91 Å². The van der Waals surface area contributed by atoms with Crippen molar-refractivity contribution in [2.45, 2.75) is 39.7 Å². The number of carbonyl (C=O) groups is 1. The zero-order valence-corrected chi connectivity index (χ0v) is 12.1. The van der Waals surface area contributed by atoms with E-state index in [0.29, 0.717) is 37.2 Å². The third kappa shape index (κ3) is 5.38. The second-order valence-corrected chi connectivity index (χ2v) is 5.30. The lowest BCUT2D eigenvalue weighted by molar-refractivity contribution is -0.130. The Balaban J connectivity index is 2.36. The monoisotopic (exact) mass is 267 g/mol. The van der Waals surface area contributed by atoms with Crippen LogP contribution in [0.15, 0.2) is 6.33 Å². The summed E-state index contributed by atoms with van der Waals surface area (Å²) in [6.07, 6.45) is 3.89. The van der Waals surface area contributed by atoms with Crippen LogP contribution in [0.2, 0.25) is 0 Å². The maximum absolute atomic E-state index is 12.0. The highest BCUT2D eigenvalue weighted by Crippen LogP contribution is 2.20. The molecule has 0 saturated carbocycles. The maximum atomic E-state index is 12.0. The highest BCUT2D eigenvalue weighted by Gasteiger charge is 2.16. The fraction of sp³-hybridized carbons (Fsp3) is 0.769. The summed E-state index contributed by atoms with van der Waals surface area (Å²) < 4.78 is 0. The Morgan fingerprint density at radius 1 is 1.47 bits per heavy atom. The van der Waals surface area contributed by atoms with E-state index in [0.717, 1.165) is 12.8 Å². The molecule has 1 aromatic heterocycles. The van der Waals surface area contributed by atoms with Crippen molar-refractivity contribution >= 4 is 5.91 Å². The first kappa shape index (κ1) is 15.6. The van der Waals surface area contributed by atoms with E-state index >= 15 is 0 Å². The van der Waals surface area contributed by atoms with E-state index in [9.17, 15) is 4.79 Å². The molecule has 1 heterocycles. The van der Waals surface area contributed by atoms with Gasteiger partial charge in [-0.1, -0.05) is 13.8 Å². The van der Waals surface area contributed by atoms with Gasteiger partial charge in [-0.05, 0) is 31.2 Å². The normalized spacial score (nSPS) is 12.7. The van der Waals surface area contributed by atoms with Gasteiger partial charge in [0.2, 0.25) is 5.91 Å². The molecule has 0 bridgehead atoms. The van der Waals surface area contributed by atoms with Gasteiger partial charge in [0, 0.05) is 13.5 Å². The van der Waals surface area contributed by atoms with Gasteiger partial charge < -0.3 is 10.6 Å². The van der Waals surface area contributed by atoms with E-state index in [1.54, 1.807) is 11.9 Å². The summed E-state index contributed by atoms with van der Waals surface area (Å²) in [5.41, 5.74) is 5.61. The zero-order valence-electron chi connectivity index (χ0n) is 12.1. The lowest BCUT2D eigenvalue weighted by Gasteiger charge is -2.21. The van der Waals surface area contributed by atoms with Crippen LogP contribution in [0, 0.1) is 11.8 Å². The molecule has 0 aliphatic rings. The molecule has 0 spiro atoms. The van der Waals surface area contributed by atoms with Gasteiger partial charge in [-0.25, -0.2) is 4.98 Å². The summed E-state index contributed by atoms with van der Waals surface area (Å²) in [6, 6.07) is 0. The second-order valence-electron chi connectivity index (χ2n) is 5.30. The average molecular weight is 267 g/mol. The van der Waals surface area contributed by atoms with Gasteiger partial charge in [-0.2, -0.15) is 5.10 Å². The number of H-pyrrole nitrogens is 1. The van der Waals surface area contributed by atoms with Gasteiger partial charge in [-0.3, -0.25) is 9.89 Å². The molecule has 0 saturated heterocycles. The third-order valence-electron chi connectivity index (χ3n) is 3.49. The van der Waals surface area contributed by atoms with Crippen LogP contribution in [0.3, 0.4) is 0 Å². The molecular weight excluding hydrogens is 242 g/mol. The van der Waals surface area contributed by atoms with Crippen LogP contribution in [0.5, 0.6) is 0 Å². The van der Waals surface area contributed by atoms with Crippen molar-refractivity contribution in [2.24, 2.45) is 17.6 Å². The molecule has 0 aliphatic carbocycles. The Labute approximate surface area is 114 Å². The minimum absolute atomic E-state index is 0.138. The van der Waals surface area contributed by atoms with Gasteiger partial charge >= 0.3 is 0 Å². The van der Waals surface area contributed by atoms with Gasteiger partial charge in [0.25, 0.3) is 0 Å². The van der Waals surface area contributed by atoms with E-state index in [4.69, 9.17) is 5.73 Å². The third-order valence-corrected chi connectivity index (χ3v) is 3.49. The molecule has 19 heavy (non-hydrogen) atoms. The Bertz CT molecular complexity index is 363. The quantitative estimate of drug-likeness (QED) is 0.740. The summed E-state index contributed by atoms with van der Waals surface area (Å²) in [4.78, 5) is 17.7. The lowest BCUT2D eigenvalue weighted by atomic mass is 9.88. The molecule has 0 aliphatic heterocycles. The molecule has 6 heteroatoms.